The van der Waals surface area contributed by atoms with E-state index in [1.807, 2.05) is 19.2 Å². The maximum Gasteiger partial charge on any atom is 0.230 e. The molecule has 1 atom stereocenters. The molecule has 35 heavy (non-hydrogen) atoms. The van der Waals surface area contributed by atoms with E-state index in [9.17, 15) is 9.18 Å². The summed E-state index contributed by atoms with van der Waals surface area (Å²) in [4.78, 5) is 16.9. The topological polar surface area (TPSA) is 81.7 Å². The minimum absolute atomic E-state index is 0.0234. The van der Waals surface area contributed by atoms with E-state index in [2.05, 4.69) is 15.6 Å². The Labute approximate surface area is 208 Å². The monoisotopic (exact) mass is 499 g/mol. The Kier molecular flexibility index (Phi) is 9.05. The molecule has 1 aliphatic rings. The Morgan fingerprint density at radius 1 is 1.23 bits per heavy atom. The van der Waals surface area contributed by atoms with Crippen LogP contribution in [0.25, 0.3) is 0 Å². The highest BCUT2D eigenvalue weighted by molar-refractivity contribution is 7.13. The van der Waals surface area contributed by atoms with E-state index in [0.717, 1.165) is 43.5 Å². The molecule has 0 bridgehead atoms. The molecule has 4 rings (SSSR count). The number of anilines is 1. The van der Waals surface area contributed by atoms with Gasteiger partial charge in [0.25, 0.3) is 0 Å². The number of carbonyl (C=O) groups excluding carboxylic acids is 1. The van der Waals surface area contributed by atoms with Gasteiger partial charge in [-0.3, -0.25) is 4.79 Å². The first kappa shape index (κ1) is 25.1. The van der Waals surface area contributed by atoms with Crippen molar-refractivity contribution in [1.29, 1.82) is 0 Å². The van der Waals surface area contributed by atoms with Crippen LogP contribution in [-0.2, 0) is 22.4 Å². The molecule has 1 unspecified atom stereocenters. The number of benzene rings is 2. The zero-order chi connectivity index (χ0) is 24.5. The first-order valence-electron chi connectivity index (χ1n) is 11.8. The number of nitrogens with zero attached hydrogens (tertiary/aromatic N) is 1. The second kappa shape index (κ2) is 12.6. The third-order valence-corrected chi connectivity index (χ3v) is 6.35. The lowest BCUT2D eigenvalue weighted by Crippen LogP contribution is -2.26. The maximum absolute atomic E-state index is 13.8. The second-order valence-corrected chi connectivity index (χ2v) is 9.24. The summed E-state index contributed by atoms with van der Waals surface area (Å²) < 4.78 is 31.8. The van der Waals surface area contributed by atoms with Crippen molar-refractivity contribution < 1.29 is 23.4 Å². The van der Waals surface area contributed by atoms with Crippen LogP contribution in [0, 0.1) is 5.82 Å². The molecule has 9 heteroatoms. The molecule has 1 saturated heterocycles. The number of rotatable bonds is 11. The number of aromatic nitrogens is 1. The van der Waals surface area contributed by atoms with Crippen molar-refractivity contribution in [3.63, 3.8) is 0 Å². The Morgan fingerprint density at radius 3 is 2.86 bits per heavy atom. The van der Waals surface area contributed by atoms with Crippen LogP contribution in [0.5, 0.6) is 17.2 Å². The average Bonchev–Trinajstić information content (AvgIpc) is 3.36. The fourth-order valence-electron chi connectivity index (χ4n) is 3.89. The first-order valence-corrected chi connectivity index (χ1v) is 12.7. The Morgan fingerprint density at radius 2 is 2.11 bits per heavy atom. The highest BCUT2D eigenvalue weighted by atomic mass is 32.1. The van der Waals surface area contributed by atoms with Crippen molar-refractivity contribution in [1.82, 2.24) is 10.3 Å². The van der Waals surface area contributed by atoms with Gasteiger partial charge in [-0.15, -0.1) is 11.3 Å². The second-order valence-electron chi connectivity index (χ2n) is 8.34. The molecule has 0 saturated carbocycles. The number of thiazole rings is 1. The quantitative estimate of drug-likeness (QED) is 0.388. The third-order valence-electron chi connectivity index (χ3n) is 5.66. The fourth-order valence-corrected chi connectivity index (χ4v) is 4.44. The number of nitrogens with one attached hydrogen (secondary N) is 2. The molecule has 2 N–H and O–H groups in total. The molecule has 186 valence electrons. The van der Waals surface area contributed by atoms with E-state index < -0.39 is 5.82 Å². The highest BCUT2D eigenvalue weighted by Crippen LogP contribution is 2.36. The van der Waals surface area contributed by atoms with Crippen molar-refractivity contribution >= 4 is 22.4 Å². The summed E-state index contributed by atoms with van der Waals surface area (Å²) in [6, 6.07) is 9.68. The summed E-state index contributed by atoms with van der Waals surface area (Å²) >= 11 is 1.36. The molecule has 2 aromatic carbocycles. The van der Waals surface area contributed by atoms with E-state index in [1.54, 1.807) is 23.7 Å². The summed E-state index contributed by atoms with van der Waals surface area (Å²) in [5.41, 5.74) is 1.78. The molecule has 3 aromatic rings. The van der Waals surface area contributed by atoms with E-state index in [-0.39, 0.29) is 18.4 Å². The molecule has 0 aliphatic carbocycles. The van der Waals surface area contributed by atoms with E-state index in [4.69, 9.17) is 14.2 Å². The van der Waals surface area contributed by atoms with Gasteiger partial charge in [-0.25, -0.2) is 9.37 Å². The summed E-state index contributed by atoms with van der Waals surface area (Å²) in [7, 11) is 1.88. The van der Waals surface area contributed by atoms with E-state index >= 15 is 0 Å². The zero-order valence-corrected chi connectivity index (χ0v) is 20.5. The lowest BCUT2D eigenvalue weighted by Gasteiger charge is -2.24. The van der Waals surface area contributed by atoms with Gasteiger partial charge >= 0.3 is 0 Å². The van der Waals surface area contributed by atoms with Gasteiger partial charge in [-0.1, -0.05) is 6.07 Å². The van der Waals surface area contributed by atoms with Gasteiger partial charge in [-0.2, -0.15) is 0 Å². The molecule has 2 heterocycles. The van der Waals surface area contributed by atoms with Crippen molar-refractivity contribution in [2.24, 2.45) is 0 Å². The number of ether oxygens (including phenoxy) is 3. The smallest absolute Gasteiger partial charge is 0.230 e. The largest absolute Gasteiger partial charge is 0.487 e. The molecule has 7 nitrogen and oxygen atoms in total. The van der Waals surface area contributed by atoms with Crippen molar-refractivity contribution in [2.45, 2.75) is 38.2 Å². The van der Waals surface area contributed by atoms with Crippen LogP contribution >= 0.6 is 11.3 Å². The lowest BCUT2D eigenvalue weighted by atomic mass is 10.00. The van der Waals surface area contributed by atoms with Crippen LogP contribution in [-0.4, -0.2) is 43.8 Å². The van der Waals surface area contributed by atoms with Crippen molar-refractivity contribution in [3.05, 3.63) is 64.9 Å². The Balaban J connectivity index is 1.61. The van der Waals surface area contributed by atoms with Gasteiger partial charge in [0.05, 0.1) is 12.5 Å². The van der Waals surface area contributed by atoms with Gasteiger partial charge in [0, 0.05) is 24.3 Å². The molecule has 0 radical (unpaired) electrons. The predicted molar refractivity (Wildman–Crippen MR) is 134 cm³/mol. The zero-order valence-electron chi connectivity index (χ0n) is 19.7. The molecule has 1 aromatic heterocycles. The predicted octanol–water partition coefficient (Wildman–Crippen LogP) is 4.97. The number of amides is 1. The Hall–Kier alpha value is -3.01. The van der Waals surface area contributed by atoms with Crippen LogP contribution in [0.15, 0.2) is 48.0 Å². The van der Waals surface area contributed by atoms with E-state index in [1.165, 1.54) is 23.5 Å². The third kappa shape index (κ3) is 7.48. The van der Waals surface area contributed by atoms with Crippen molar-refractivity contribution in [3.8, 4) is 17.2 Å². The van der Waals surface area contributed by atoms with Crippen LogP contribution in [0.3, 0.4) is 0 Å². The fraction of sp³-hybridized carbons (Fsp3) is 0.385. The molecule has 1 amide bonds. The van der Waals surface area contributed by atoms with Crippen LogP contribution < -0.4 is 20.1 Å². The molecular weight excluding hydrogens is 469 g/mol. The highest BCUT2D eigenvalue weighted by Gasteiger charge is 2.19. The normalized spacial score (nSPS) is 15.5. The van der Waals surface area contributed by atoms with Crippen molar-refractivity contribution in [2.75, 3.05) is 32.1 Å². The standard InChI is InChI=1S/C26H30FN3O4S/c1-28-9-8-18-13-23(33-17-22-6-2-3-11-32-22)24(34-21-7-4-5-20(27)16-21)14-19(18)15-25(31)30-26-29-10-12-35-26/h4-5,7,10,12-14,16,22,28H,2-3,6,8-9,11,15,17H2,1H3,(H,29,30,31). The number of hydrogen-bond donors (Lipinski definition) is 2. The summed E-state index contributed by atoms with van der Waals surface area (Å²) in [5, 5.41) is 8.34. The number of hydrogen-bond acceptors (Lipinski definition) is 7. The summed E-state index contributed by atoms with van der Waals surface area (Å²) in [6.45, 7) is 1.87. The SMILES string of the molecule is CNCCc1cc(OCC2CCCCO2)c(Oc2cccc(F)c2)cc1CC(=O)Nc1nccs1. The summed E-state index contributed by atoms with van der Waals surface area (Å²) in [5.74, 6) is 0.751. The number of likely N-dealkylation sites (N-methyl/N-ethyl adjacent to an activating group) is 1. The van der Waals surface area contributed by atoms with Crippen LogP contribution in [0.2, 0.25) is 0 Å². The van der Waals surface area contributed by atoms with Crippen LogP contribution in [0.1, 0.15) is 30.4 Å². The maximum atomic E-state index is 13.8. The molecule has 1 aliphatic heterocycles. The average molecular weight is 500 g/mol. The minimum atomic E-state index is -0.394. The van der Waals surface area contributed by atoms with Gasteiger partial charge in [0.2, 0.25) is 5.91 Å². The van der Waals surface area contributed by atoms with Gasteiger partial charge in [0.1, 0.15) is 18.2 Å². The minimum Gasteiger partial charge on any atom is -0.487 e. The summed E-state index contributed by atoms with van der Waals surface area (Å²) in [6.07, 6.45) is 5.64. The number of halogens is 1. The van der Waals surface area contributed by atoms with Gasteiger partial charge < -0.3 is 24.8 Å². The van der Waals surface area contributed by atoms with Gasteiger partial charge in [0.15, 0.2) is 16.6 Å². The van der Waals surface area contributed by atoms with Crippen LogP contribution in [0.4, 0.5) is 9.52 Å². The van der Waals surface area contributed by atoms with E-state index in [0.29, 0.717) is 35.4 Å². The molecule has 0 spiro atoms. The number of carbonyl (C=O) groups is 1. The molecule has 1 fully saturated rings. The molecular formula is C26H30FN3O4S. The Bertz CT molecular complexity index is 1100. The lowest BCUT2D eigenvalue weighted by molar-refractivity contribution is -0.115. The first-order chi connectivity index (χ1) is 17.1. The van der Waals surface area contributed by atoms with Gasteiger partial charge in [-0.05, 0) is 74.7 Å².